The molecule has 3 aromatic rings. The highest BCUT2D eigenvalue weighted by atomic mass is 16.6. The Labute approximate surface area is 161 Å². The third-order valence-corrected chi connectivity index (χ3v) is 4.38. The predicted molar refractivity (Wildman–Crippen MR) is 103 cm³/mol. The third kappa shape index (κ3) is 4.35. The van der Waals surface area contributed by atoms with Gasteiger partial charge in [-0.05, 0) is 23.3 Å². The summed E-state index contributed by atoms with van der Waals surface area (Å²) in [5.74, 6) is 1.21. The van der Waals surface area contributed by atoms with E-state index >= 15 is 0 Å². The summed E-state index contributed by atoms with van der Waals surface area (Å²) in [4.78, 5) is 27.3. The quantitative estimate of drug-likeness (QED) is 0.502. The van der Waals surface area contributed by atoms with Crippen LogP contribution in [0.15, 0.2) is 60.9 Å². The number of carbonyl (C=O) groups excluding carboxylic acids is 1. The minimum atomic E-state index is -0.468. The number of hydrogen-bond acceptors (Lipinski definition) is 5. The molecule has 8 nitrogen and oxygen atoms in total. The van der Waals surface area contributed by atoms with Gasteiger partial charge >= 0.3 is 0 Å². The summed E-state index contributed by atoms with van der Waals surface area (Å²) in [5.41, 5.74) is 1.55. The van der Waals surface area contributed by atoms with E-state index in [1.165, 1.54) is 12.1 Å². The summed E-state index contributed by atoms with van der Waals surface area (Å²) in [6.07, 6.45) is 3.59. The molecule has 28 heavy (non-hydrogen) atoms. The number of nitrogens with zero attached hydrogens (tertiary/aromatic N) is 3. The SMILES string of the molecule is COc1ccc(C(NC(=O)Cc2ccc([N+](=O)[O-])cc2)c2nccn2C)cc1. The number of hydrogen-bond donors (Lipinski definition) is 1. The Morgan fingerprint density at radius 2 is 1.89 bits per heavy atom. The van der Waals surface area contributed by atoms with Gasteiger partial charge in [0.2, 0.25) is 5.91 Å². The number of ether oxygens (including phenoxy) is 1. The molecule has 0 aliphatic carbocycles. The number of non-ortho nitro benzene ring substituents is 1. The predicted octanol–water partition coefficient (Wildman–Crippen LogP) is 2.79. The molecule has 2 aromatic carbocycles. The summed E-state index contributed by atoms with van der Waals surface area (Å²) in [7, 11) is 3.46. The zero-order valence-corrected chi connectivity index (χ0v) is 15.5. The molecule has 0 aliphatic heterocycles. The average Bonchev–Trinajstić information content (AvgIpc) is 3.12. The van der Waals surface area contributed by atoms with Crippen LogP contribution in [0.25, 0.3) is 0 Å². The number of amides is 1. The fourth-order valence-corrected chi connectivity index (χ4v) is 2.88. The number of nitro groups is 1. The maximum atomic E-state index is 12.6. The molecule has 0 bridgehead atoms. The molecule has 1 unspecified atom stereocenters. The van der Waals surface area contributed by atoms with E-state index in [-0.39, 0.29) is 18.0 Å². The largest absolute Gasteiger partial charge is 0.497 e. The number of methoxy groups -OCH3 is 1. The van der Waals surface area contributed by atoms with Gasteiger partial charge in [0.15, 0.2) is 0 Å². The van der Waals surface area contributed by atoms with Crippen molar-refractivity contribution in [2.75, 3.05) is 7.11 Å². The molecule has 1 aromatic heterocycles. The van der Waals surface area contributed by atoms with E-state index in [1.807, 2.05) is 42.1 Å². The Bertz CT molecular complexity index is 965. The maximum Gasteiger partial charge on any atom is 0.269 e. The Balaban J connectivity index is 1.79. The Hall–Kier alpha value is -3.68. The topological polar surface area (TPSA) is 99.3 Å². The summed E-state index contributed by atoms with van der Waals surface area (Å²) in [5, 5.41) is 13.8. The molecule has 8 heteroatoms. The summed E-state index contributed by atoms with van der Waals surface area (Å²) >= 11 is 0. The fourth-order valence-electron chi connectivity index (χ4n) is 2.88. The number of nitrogens with one attached hydrogen (secondary N) is 1. The first-order valence-electron chi connectivity index (χ1n) is 8.62. The minimum absolute atomic E-state index is 0.00622. The molecule has 1 heterocycles. The number of rotatable bonds is 7. The van der Waals surface area contributed by atoms with Gasteiger partial charge in [-0.3, -0.25) is 14.9 Å². The summed E-state index contributed by atoms with van der Waals surface area (Å²) in [6, 6.07) is 12.9. The highest BCUT2D eigenvalue weighted by molar-refractivity contribution is 5.79. The second-order valence-corrected chi connectivity index (χ2v) is 6.27. The molecule has 1 N–H and O–H groups in total. The van der Waals surface area contributed by atoms with Crippen LogP contribution in [-0.2, 0) is 18.3 Å². The van der Waals surface area contributed by atoms with Gasteiger partial charge in [0.05, 0.1) is 18.5 Å². The first-order chi connectivity index (χ1) is 13.5. The number of carbonyl (C=O) groups is 1. The summed E-state index contributed by atoms with van der Waals surface area (Å²) in [6.45, 7) is 0. The normalized spacial score (nSPS) is 11.6. The standard InChI is InChI=1S/C20H20N4O4/c1-23-12-11-21-20(23)19(15-5-9-17(28-2)10-6-15)22-18(25)13-14-3-7-16(8-4-14)24(26)27/h3-12,19H,13H2,1-2H3,(H,22,25). The van der Waals surface area contributed by atoms with Crippen molar-refractivity contribution in [3.63, 3.8) is 0 Å². The van der Waals surface area contributed by atoms with Crippen LogP contribution in [0.2, 0.25) is 0 Å². The summed E-state index contributed by atoms with van der Waals surface area (Å²) < 4.78 is 7.04. The lowest BCUT2D eigenvalue weighted by molar-refractivity contribution is -0.384. The van der Waals surface area contributed by atoms with E-state index in [1.54, 1.807) is 25.4 Å². The van der Waals surface area contributed by atoms with E-state index < -0.39 is 11.0 Å². The van der Waals surface area contributed by atoms with Crippen molar-refractivity contribution >= 4 is 11.6 Å². The Morgan fingerprint density at radius 3 is 2.43 bits per heavy atom. The van der Waals surface area contributed by atoms with Gasteiger partial charge in [-0.15, -0.1) is 0 Å². The molecular formula is C20H20N4O4. The molecule has 0 spiro atoms. The van der Waals surface area contributed by atoms with Gasteiger partial charge in [0, 0.05) is 31.6 Å². The second kappa shape index (κ2) is 8.34. The molecular weight excluding hydrogens is 360 g/mol. The van der Waals surface area contributed by atoms with Gasteiger partial charge < -0.3 is 14.6 Å². The maximum absolute atomic E-state index is 12.6. The van der Waals surface area contributed by atoms with Gasteiger partial charge in [-0.25, -0.2) is 4.98 Å². The lowest BCUT2D eigenvalue weighted by Crippen LogP contribution is -2.32. The Kier molecular flexibility index (Phi) is 5.69. The average molecular weight is 380 g/mol. The molecule has 0 saturated heterocycles. The van der Waals surface area contributed by atoms with Gasteiger partial charge in [0.1, 0.15) is 17.6 Å². The molecule has 0 aliphatic rings. The lowest BCUT2D eigenvalue weighted by Gasteiger charge is -2.19. The third-order valence-electron chi connectivity index (χ3n) is 4.38. The zero-order valence-electron chi connectivity index (χ0n) is 15.5. The van der Waals surface area contributed by atoms with Crippen LogP contribution in [0.1, 0.15) is 23.0 Å². The van der Waals surface area contributed by atoms with Gasteiger partial charge in [-0.2, -0.15) is 0 Å². The van der Waals surface area contributed by atoms with Crippen LogP contribution in [0, 0.1) is 10.1 Å². The fraction of sp³-hybridized carbons (Fsp3) is 0.200. The molecule has 1 amide bonds. The number of imidazole rings is 1. The zero-order chi connectivity index (χ0) is 20.1. The van der Waals surface area contributed by atoms with Gasteiger partial charge in [0.25, 0.3) is 5.69 Å². The lowest BCUT2D eigenvalue weighted by atomic mass is 10.0. The van der Waals surface area contributed by atoms with E-state index in [0.717, 1.165) is 11.3 Å². The smallest absolute Gasteiger partial charge is 0.269 e. The van der Waals surface area contributed by atoms with E-state index in [4.69, 9.17) is 4.74 Å². The van der Waals surface area contributed by atoms with Crippen LogP contribution in [0.4, 0.5) is 5.69 Å². The highest BCUT2D eigenvalue weighted by Gasteiger charge is 2.21. The molecule has 1 atom stereocenters. The molecule has 144 valence electrons. The van der Waals surface area contributed by atoms with Crippen molar-refractivity contribution in [3.05, 3.63) is 88.0 Å². The molecule has 0 saturated carbocycles. The number of aryl methyl sites for hydroxylation is 1. The van der Waals surface area contributed by atoms with E-state index in [9.17, 15) is 14.9 Å². The van der Waals surface area contributed by atoms with Crippen molar-refractivity contribution in [3.8, 4) is 5.75 Å². The van der Waals surface area contributed by atoms with E-state index in [0.29, 0.717) is 11.4 Å². The van der Waals surface area contributed by atoms with Crippen molar-refractivity contribution in [2.45, 2.75) is 12.5 Å². The van der Waals surface area contributed by atoms with Crippen LogP contribution < -0.4 is 10.1 Å². The van der Waals surface area contributed by atoms with Crippen LogP contribution in [-0.4, -0.2) is 27.5 Å². The van der Waals surface area contributed by atoms with Crippen LogP contribution in [0.5, 0.6) is 5.75 Å². The van der Waals surface area contributed by atoms with Crippen molar-refractivity contribution in [1.82, 2.24) is 14.9 Å². The monoisotopic (exact) mass is 380 g/mol. The molecule has 3 rings (SSSR count). The second-order valence-electron chi connectivity index (χ2n) is 6.27. The van der Waals surface area contributed by atoms with E-state index in [2.05, 4.69) is 10.3 Å². The Morgan fingerprint density at radius 1 is 1.21 bits per heavy atom. The minimum Gasteiger partial charge on any atom is -0.497 e. The van der Waals surface area contributed by atoms with Crippen molar-refractivity contribution < 1.29 is 14.5 Å². The first kappa shape index (κ1) is 19.1. The molecule has 0 radical (unpaired) electrons. The number of benzene rings is 2. The molecule has 0 fully saturated rings. The number of nitro benzene ring substituents is 1. The first-order valence-corrected chi connectivity index (χ1v) is 8.62. The van der Waals surface area contributed by atoms with Gasteiger partial charge in [-0.1, -0.05) is 24.3 Å². The van der Waals surface area contributed by atoms with Crippen molar-refractivity contribution in [1.29, 1.82) is 0 Å². The van der Waals surface area contributed by atoms with Crippen LogP contribution in [0.3, 0.4) is 0 Å². The highest BCUT2D eigenvalue weighted by Crippen LogP contribution is 2.23. The number of aromatic nitrogens is 2. The van der Waals surface area contributed by atoms with Crippen molar-refractivity contribution in [2.24, 2.45) is 7.05 Å². The van der Waals surface area contributed by atoms with Crippen LogP contribution >= 0.6 is 0 Å².